The second kappa shape index (κ2) is 6.88. The Bertz CT molecular complexity index is 1080. The van der Waals surface area contributed by atoms with Gasteiger partial charge in [-0.25, -0.2) is 0 Å². The summed E-state index contributed by atoms with van der Waals surface area (Å²) in [5.74, 6) is 0.414. The van der Waals surface area contributed by atoms with Gasteiger partial charge in [-0.3, -0.25) is 9.59 Å². The minimum absolute atomic E-state index is 0.0846. The monoisotopic (exact) mass is 386 g/mol. The number of piperazine rings is 1. The maximum Gasteiger partial charge on any atom is 0.296 e. The molecule has 0 saturated carbocycles. The fourth-order valence-corrected chi connectivity index (χ4v) is 4.26. The Labute approximate surface area is 169 Å². The van der Waals surface area contributed by atoms with Gasteiger partial charge in [0.2, 0.25) is 11.9 Å². The Kier molecular flexibility index (Phi) is 4.19. The normalized spacial score (nSPS) is 19.1. The molecule has 6 nitrogen and oxygen atoms in total. The average Bonchev–Trinajstić information content (AvgIpc) is 3.28. The number of rotatable bonds is 1. The summed E-state index contributed by atoms with van der Waals surface area (Å²) in [7, 11) is 0. The van der Waals surface area contributed by atoms with Crippen LogP contribution < -0.4 is 5.32 Å². The summed E-state index contributed by atoms with van der Waals surface area (Å²) in [4.78, 5) is 31.9. The van der Waals surface area contributed by atoms with Crippen molar-refractivity contribution < 1.29 is 9.59 Å². The third-order valence-corrected chi connectivity index (χ3v) is 5.84. The lowest BCUT2D eigenvalue weighted by molar-refractivity contribution is -0.130. The Morgan fingerprint density at radius 2 is 1.79 bits per heavy atom. The van der Waals surface area contributed by atoms with Gasteiger partial charge in [-0.05, 0) is 40.3 Å². The number of carbonyl (C=O) groups excluding carboxylic acids is 2. The van der Waals surface area contributed by atoms with Crippen molar-refractivity contribution in [2.24, 2.45) is 4.99 Å². The highest BCUT2D eigenvalue weighted by molar-refractivity contribution is 6.12. The molecule has 2 heterocycles. The number of benzene rings is 2. The maximum atomic E-state index is 12.4. The van der Waals surface area contributed by atoms with Gasteiger partial charge in [0, 0.05) is 33.1 Å². The number of carbonyl (C=O) groups is 2. The number of aliphatic imine (C=N–C) groups is 1. The van der Waals surface area contributed by atoms with Crippen molar-refractivity contribution in [3.05, 3.63) is 64.9 Å². The molecule has 1 N–H and O–H groups in total. The first kappa shape index (κ1) is 17.7. The van der Waals surface area contributed by atoms with Crippen LogP contribution in [-0.4, -0.2) is 53.8 Å². The molecule has 3 aliphatic rings. The summed E-state index contributed by atoms with van der Waals surface area (Å²) in [6, 6.07) is 14.8. The van der Waals surface area contributed by atoms with Gasteiger partial charge in [0.15, 0.2) is 0 Å². The van der Waals surface area contributed by atoms with Crippen LogP contribution in [0.25, 0.3) is 17.2 Å². The van der Waals surface area contributed by atoms with E-state index >= 15 is 0 Å². The van der Waals surface area contributed by atoms with Gasteiger partial charge in [-0.15, -0.1) is 0 Å². The Hall–Kier alpha value is -3.41. The fourth-order valence-electron chi connectivity index (χ4n) is 4.26. The van der Waals surface area contributed by atoms with E-state index in [9.17, 15) is 9.59 Å². The van der Waals surface area contributed by atoms with Gasteiger partial charge in [0.1, 0.15) is 5.70 Å². The van der Waals surface area contributed by atoms with E-state index in [1.165, 1.54) is 22.3 Å². The molecule has 0 unspecified atom stereocenters. The summed E-state index contributed by atoms with van der Waals surface area (Å²) < 4.78 is 0. The van der Waals surface area contributed by atoms with Crippen LogP contribution >= 0.6 is 0 Å². The first-order valence-electron chi connectivity index (χ1n) is 9.92. The van der Waals surface area contributed by atoms with E-state index < -0.39 is 0 Å². The maximum absolute atomic E-state index is 12.4. The van der Waals surface area contributed by atoms with Crippen molar-refractivity contribution in [3.8, 4) is 11.1 Å². The number of hydrogen-bond donors (Lipinski definition) is 1. The summed E-state index contributed by atoms with van der Waals surface area (Å²) in [6.45, 7) is 4.22. The van der Waals surface area contributed by atoms with Crippen LogP contribution in [-0.2, 0) is 16.0 Å². The summed E-state index contributed by atoms with van der Waals surface area (Å²) in [5.41, 5.74) is 6.68. The first-order valence-corrected chi connectivity index (χ1v) is 9.92. The summed E-state index contributed by atoms with van der Waals surface area (Å²) >= 11 is 0. The molecule has 0 atom stereocenters. The Morgan fingerprint density at radius 3 is 2.59 bits per heavy atom. The van der Waals surface area contributed by atoms with Gasteiger partial charge in [0.05, 0.1) is 0 Å². The van der Waals surface area contributed by atoms with Gasteiger partial charge >= 0.3 is 0 Å². The molecule has 2 aromatic rings. The zero-order valence-corrected chi connectivity index (χ0v) is 16.3. The van der Waals surface area contributed by atoms with E-state index in [-0.39, 0.29) is 11.8 Å². The standard InChI is InChI=1S/C23H22N4O2/c1-15(28)26-8-10-27(11-9-26)23-24-21(22(29)25-23)13-16-6-7-20-18(12-16)14-17-4-2-3-5-19(17)20/h2-7,12-13H,8-11,14H2,1H3,(H,24,25,29). The second-order valence-corrected chi connectivity index (χ2v) is 7.67. The van der Waals surface area contributed by atoms with E-state index in [0.29, 0.717) is 37.8 Å². The van der Waals surface area contributed by atoms with Gasteiger partial charge < -0.3 is 15.1 Å². The van der Waals surface area contributed by atoms with E-state index in [4.69, 9.17) is 0 Å². The molecular formula is C23H22N4O2. The molecule has 6 heteroatoms. The van der Waals surface area contributed by atoms with Crippen molar-refractivity contribution in [1.29, 1.82) is 0 Å². The van der Waals surface area contributed by atoms with Crippen molar-refractivity contribution >= 4 is 23.8 Å². The zero-order chi connectivity index (χ0) is 20.0. The van der Waals surface area contributed by atoms with Crippen LogP contribution in [0.3, 0.4) is 0 Å². The third-order valence-electron chi connectivity index (χ3n) is 5.84. The molecule has 5 rings (SSSR count). The highest BCUT2D eigenvalue weighted by Crippen LogP contribution is 2.37. The van der Waals surface area contributed by atoms with Crippen LogP contribution in [0.1, 0.15) is 23.6 Å². The van der Waals surface area contributed by atoms with E-state index in [1.807, 2.05) is 21.9 Å². The first-order chi connectivity index (χ1) is 14.1. The van der Waals surface area contributed by atoms with Gasteiger partial charge in [0.25, 0.3) is 5.91 Å². The van der Waals surface area contributed by atoms with Crippen molar-refractivity contribution in [2.75, 3.05) is 26.2 Å². The molecule has 2 aliphatic heterocycles. The van der Waals surface area contributed by atoms with Crippen LogP contribution in [0.4, 0.5) is 0 Å². The molecular weight excluding hydrogens is 364 g/mol. The molecule has 1 saturated heterocycles. The van der Waals surface area contributed by atoms with Crippen LogP contribution in [0.5, 0.6) is 0 Å². The minimum atomic E-state index is -0.252. The highest BCUT2D eigenvalue weighted by atomic mass is 16.2. The number of nitrogens with one attached hydrogen (secondary N) is 1. The van der Waals surface area contributed by atoms with Crippen molar-refractivity contribution in [2.45, 2.75) is 13.3 Å². The topological polar surface area (TPSA) is 65.0 Å². The SMILES string of the molecule is CC(=O)N1CCN(C2=NC(=O)C(=Cc3ccc4c(c3)Cc3ccccc3-4)N2)CC1. The molecule has 146 valence electrons. The van der Waals surface area contributed by atoms with Gasteiger partial charge in [-0.2, -0.15) is 4.99 Å². The number of nitrogens with zero attached hydrogens (tertiary/aromatic N) is 3. The smallest absolute Gasteiger partial charge is 0.296 e. The average molecular weight is 386 g/mol. The number of hydrogen-bond acceptors (Lipinski definition) is 4. The van der Waals surface area contributed by atoms with Crippen molar-refractivity contribution in [1.82, 2.24) is 15.1 Å². The fraction of sp³-hybridized carbons (Fsp3) is 0.261. The molecule has 29 heavy (non-hydrogen) atoms. The van der Waals surface area contributed by atoms with E-state index in [2.05, 4.69) is 46.7 Å². The van der Waals surface area contributed by atoms with Crippen LogP contribution in [0.15, 0.2) is 53.2 Å². The predicted octanol–water partition coefficient (Wildman–Crippen LogP) is 2.25. The van der Waals surface area contributed by atoms with Gasteiger partial charge in [-0.1, -0.05) is 42.5 Å². The molecule has 1 aliphatic carbocycles. The number of amides is 2. The molecule has 2 aromatic carbocycles. The lowest BCUT2D eigenvalue weighted by atomic mass is 10.0. The molecule has 0 radical (unpaired) electrons. The lowest BCUT2D eigenvalue weighted by Crippen LogP contribution is -2.52. The summed E-state index contributed by atoms with van der Waals surface area (Å²) in [5, 5.41) is 3.17. The molecule has 2 amide bonds. The predicted molar refractivity (Wildman–Crippen MR) is 112 cm³/mol. The highest BCUT2D eigenvalue weighted by Gasteiger charge is 2.28. The van der Waals surface area contributed by atoms with Crippen LogP contribution in [0, 0.1) is 0 Å². The molecule has 1 fully saturated rings. The Balaban J connectivity index is 1.31. The zero-order valence-electron chi connectivity index (χ0n) is 16.3. The van der Waals surface area contributed by atoms with Crippen molar-refractivity contribution in [3.63, 3.8) is 0 Å². The van der Waals surface area contributed by atoms with Crippen LogP contribution in [0.2, 0.25) is 0 Å². The number of fused-ring (bicyclic) bond motifs is 3. The second-order valence-electron chi connectivity index (χ2n) is 7.67. The molecule has 0 bridgehead atoms. The lowest BCUT2D eigenvalue weighted by Gasteiger charge is -2.34. The number of guanidine groups is 1. The minimum Gasteiger partial charge on any atom is -0.339 e. The molecule has 0 aromatic heterocycles. The van der Waals surface area contributed by atoms with E-state index in [1.54, 1.807) is 6.92 Å². The quantitative estimate of drug-likeness (QED) is 0.652. The largest absolute Gasteiger partial charge is 0.339 e. The third kappa shape index (κ3) is 3.20. The van der Waals surface area contributed by atoms with E-state index in [0.717, 1.165) is 12.0 Å². The summed E-state index contributed by atoms with van der Waals surface area (Å²) in [6.07, 6.45) is 2.79. The molecule has 0 spiro atoms. The Morgan fingerprint density at radius 1 is 1.03 bits per heavy atom.